The van der Waals surface area contributed by atoms with Gasteiger partial charge in [0, 0.05) is 13.0 Å². The molecule has 0 amide bonds. The Morgan fingerprint density at radius 2 is 2.07 bits per heavy atom. The number of oxime groups is 1. The van der Waals surface area contributed by atoms with Crippen molar-refractivity contribution in [2.75, 3.05) is 13.2 Å². The lowest BCUT2D eigenvalue weighted by molar-refractivity contribution is -0.0486. The zero-order chi connectivity index (χ0) is 19.8. The van der Waals surface area contributed by atoms with Crippen molar-refractivity contribution in [1.29, 1.82) is 0 Å². The summed E-state index contributed by atoms with van der Waals surface area (Å²) in [5.74, 6) is 2.60. The van der Waals surface area contributed by atoms with Gasteiger partial charge in [0.15, 0.2) is 0 Å². The lowest BCUT2D eigenvalue weighted by Gasteiger charge is -2.58. The van der Waals surface area contributed by atoms with E-state index in [4.69, 9.17) is 10.6 Å². The van der Waals surface area contributed by atoms with Crippen LogP contribution in [-0.2, 0) is 4.84 Å². The van der Waals surface area contributed by atoms with Crippen LogP contribution in [0.5, 0.6) is 0 Å². The minimum atomic E-state index is -0.755. The van der Waals surface area contributed by atoms with Gasteiger partial charge in [0.25, 0.3) is 0 Å². The molecule has 4 aliphatic carbocycles. The number of aliphatic hydroxyl groups is 1. The summed E-state index contributed by atoms with van der Waals surface area (Å²) in [6.07, 6.45) is 18.9. The average Bonchev–Trinajstić information content (AvgIpc) is 3.07. The van der Waals surface area contributed by atoms with Gasteiger partial charge in [0.2, 0.25) is 0 Å². The molecule has 4 heteroatoms. The second-order valence-corrected chi connectivity index (χ2v) is 10.4. The second-order valence-electron chi connectivity index (χ2n) is 10.4. The first-order valence-corrected chi connectivity index (χ1v) is 11.4. The van der Waals surface area contributed by atoms with Crippen molar-refractivity contribution in [3.63, 3.8) is 0 Å². The molecule has 0 heterocycles. The number of fused-ring (bicyclic) bond motifs is 5. The third-order valence-corrected chi connectivity index (χ3v) is 8.82. The van der Waals surface area contributed by atoms with Gasteiger partial charge < -0.3 is 15.7 Å². The fourth-order valence-corrected chi connectivity index (χ4v) is 7.21. The standard InChI is InChI=1S/C24H38N2O2/c1-22-9-3-5-20(22)19-7-6-18-17-24(27,10-4-15-26-28-16-14-25)13-12-23(18,2)21(19)8-11-22/h4,6,10,15,19-21,27H,3,5,7-9,11-14,16-17,25H2,1-2H3/t19-,20-,21-,22-,23-,24-/m0/s1. The van der Waals surface area contributed by atoms with Gasteiger partial charge in [-0.05, 0) is 79.6 Å². The number of hydrogen-bond acceptors (Lipinski definition) is 4. The van der Waals surface area contributed by atoms with Crippen molar-refractivity contribution in [3.8, 4) is 0 Å². The van der Waals surface area contributed by atoms with Gasteiger partial charge in [-0.2, -0.15) is 0 Å². The summed E-state index contributed by atoms with van der Waals surface area (Å²) in [5, 5.41) is 15.0. The maximum Gasteiger partial charge on any atom is 0.129 e. The molecule has 0 radical (unpaired) electrons. The highest BCUT2D eigenvalue weighted by molar-refractivity contribution is 5.70. The Hall–Kier alpha value is -1.13. The number of nitrogens with zero attached hydrogens (tertiary/aromatic N) is 1. The zero-order valence-electron chi connectivity index (χ0n) is 17.7. The van der Waals surface area contributed by atoms with Crippen LogP contribution in [0.15, 0.2) is 29.0 Å². The fraction of sp³-hybridized carbons (Fsp3) is 0.792. The summed E-state index contributed by atoms with van der Waals surface area (Å²) in [4.78, 5) is 5.01. The molecule has 0 aromatic heterocycles. The maximum absolute atomic E-state index is 11.2. The molecule has 3 fully saturated rings. The zero-order valence-corrected chi connectivity index (χ0v) is 17.7. The first-order chi connectivity index (χ1) is 13.4. The molecule has 28 heavy (non-hydrogen) atoms. The SMILES string of the molecule is C[C@@]12CCC[C@H]1[C@@H]1CC=C3C[C@](O)(C=CC=NOCCN)CC[C@]3(C)[C@H]1CC2. The summed E-state index contributed by atoms with van der Waals surface area (Å²) < 4.78 is 0. The Kier molecular flexibility index (Phi) is 5.47. The molecule has 0 aromatic rings. The van der Waals surface area contributed by atoms with E-state index in [0.717, 1.165) is 37.0 Å². The summed E-state index contributed by atoms with van der Waals surface area (Å²) in [6, 6.07) is 0. The van der Waals surface area contributed by atoms with Gasteiger partial charge in [0.1, 0.15) is 6.61 Å². The van der Waals surface area contributed by atoms with Crippen LogP contribution in [0.4, 0.5) is 0 Å². The average molecular weight is 387 g/mol. The summed E-state index contributed by atoms with van der Waals surface area (Å²) >= 11 is 0. The molecule has 0 aromatic carbocycles. The van der Waals surface area contributed by atoms with Crippen molar-refractivity contribution in [3.05, 3.63) is 23.8 Å². The maximum atomic E-state index is 11.2. The molecular formula is C24H38N2O2. The monoisotopic (exact) mass is 386 g/mol. The van der Waals surface area contributed by atoms with Crippen LogP contribution in [0.2, 0.25) is 0 Å². The Morgan fingerprint density at radius 3 is 2.89 bits per heavy atom. The molecule has 0 aliphatic heterocycles. The van der Waals surface area contributed by atoms with E-state index >= 15 is 0 Å². The molecule has 4 aliphatic rings. The Morgan fingerprint density at radius 1 is 1.21 bits per heavy atom. The molecule has 156 valence electrons. The molecule has 0 spiro atoms. The third kappa shape index (κ3) is 3.47. The van der Waals surface area contributed by atoms with Crippen LogP contribution >= 0.6 is 0 Å². The Bertz CT molecular complexity index is 672. The van der Waals surface area contributed by atoms with Gasteiger partial charge in [-0.3, -0.25) is 0 Å². The van der Waals surface area contributed by atoms with Crippen LogP contribution in [0.1, 0.15) is 71.6 Å². The quantitative estimate of drug-likeness (QED) is 0.314. The largest absolute Gasteiger partial charge is 0.394 e. The minimum Gasteiger partial charge on any atom is -0.394 e. The molecule has 4 nitrogen and oxygen atoms in total. The predicted molar refractivity (Wildman–Crippen MR) is 114 cm³/mol. The predicted octanol–water partition coefficient (Wildman–Crippen LogP) is 4.59. The molecule has 3 saturated carbocycles. The van der Waals surface area contributed by atoms with E-state index in [9.17, 15) is 5.11 Å². The van der Waals surface area contributed by atoms with Crippen LogP contribution in [0.3, 0.4) is 0 Å². The molecule has 4 rings (SSSR count). The van der Waals surface area contributed by atoms with Crippen molar-refractivity contribution in [1.82, 2.24) is 0 Å². The van der Waals surface area contributed by atoms with E-state index in [0.29, 0.717) is 18.6 Å². The van der Waals surface area contributed by atoms with Crippen LogP contribution in [0, 0.1) is 28.6 Å². The Labute approximate surface area is 170 Å². The molecule has 3 N–H and O–H groups in total. The van der Waals surface area contributed by atoms with E-state index in [1.165, 1.54) is 44.1 Å². The lowest BCUT2D eigenvalue weighted by Crippen LogP contribution is -2.51. The van der Waals surface area contributed by atoms with Gasteiger partial charge >= 0.3 is 0 Å². The van der Waals surface area contributed by atoms with Crippen molar-refractivity contribution in [2.24, 2.45) is 39.5 Å². The molecule has 0 saturated heterocycles. The smallest absolute Gasteiger partial charge is 0.129 e. The van der Waals surface area contributed by atoms with Crippen molar-refractivity contribution in [2.45, 2.75) is 77.2 Å². The normalized spacial score (nSPS) is 45.6. The van der Waals surface area contributed by atoms with E-state index in [1.54, 1.807) is 6.21 Å². The van der Waals surface area contributed by atoms with Gasteiger partial charge in [0.05, 0.1) is 11.8 Å². The Balaban J connectivity index is 1.47. The third-order valence-electron chi connectivity index (χ3n) is 8.82. The van der Waals surface area contributed by atoms with Crippen molar-refractivity contribution >= 4 is 6.21 Å². The summed E-state index contributed by atoms with van der Waals surface area (Å²) in [6.45, 7) is 5.94. The van der Waals surface area contributed by atoms with Gasteiger partial charge in [-0.1, -0.05) is 43.1 Å². The highest BCUT2D eigenvalue weighted by Crippen LogP contribution is 2.65. The number of rotatable bonds is 5. The van der Waals surface area contributed by atoms with E-state index in [-0.39, 0.29) is 5.41 Å². The molecule has 0 bridgehead atoms. The number of hydrogen-bond donors (Lipinski definition) is 2. The summed E-state index contributed by atoms with van der Waals surface area (Å²) in [7, 11) is 0. The first kappa shape index (κ1) is 20.2. The second kappa shape index (κ2) is 7.60. The fourth-order valence-electron chi connectivity index (χ4n) is 7.21. The number of nitrogens with two attached hydrogens (primary N) is 1. The van der Waals surface area contributed by atoms with Gasteiger partial charge in [-0.15, -0.1) is 0 Å². The highest BCUT2D eigenvalue weighted by Gasteiger charge is 2.56. The van der Waals surface area contributed by atoms with E-state index in [1.807, 2.05) is 12.2 Å². The van der Waals surface area contributed by atoms with E-state index < -0.39 is 5.60 Å². The highest BCUT2D eigenvalue weighted by atomic mass is 16.6. The molecule has 6 atom stereocenters. The topological polar surface area (TPSA) is 67.8 Å². The van der Waals surface area contributed by atoms with Crippen molar-refractivity contribution < 1.29 is 9.94 Å². The first-order valence-electron chi connectivity index (χ1n) is 11.4. The molecule has 0 unspecified atom stereocenters. The van der Waals surface area contributed by atoms with Crippen LogP contribution in [-0.4, -0.2) is 30.1 Å². The van der Waals surface area contributed by atoms with E-state index in [2.05, 4.69) is 25.1 Å². The summed E-state index contributed by atoms with van der Waals surface area (Å²) in [5.41, 5.74) is 7.01. The molecular weight excluding hydrogens is 348 g/mol. The van der Waals surface area contributed by atoms with Crippen LogP contribution < -0.4 is 5.73 Å². The lowest BCUT2D eigenvalue weighted by atomic mass is 9.47. The minimum absolute atomic E-state index is 0.283. The van der Waals surface area contributed by atoms with Crippen LogP contribution in [0.25, 0.3) is 0 Å². The van der Waals surface area contributed by atoms with Gasteiger partial charge in [-0.25, -0.2) is 0 Å². The number of allylic oxidation sites excluding steroid dienone is 2.